The third-order valence-corrected chi connectivity index (χ3v) is 3.44. The first-order chi connectivity index (χ1) is 9.31. The van der Waals surface area contributed by atoms with Crippen LogP contribution in [0.5, 0.6) is 0 Å². The fraction of sp³-hybridized carbons (Fsp3) is 0.786. The fourth-order valence-corrected chi connectivity index (χ4v) is 2.08. The van der Waals surface area contributed by atoms with E-state index in [1.807, 2.05) is 20.8 Å². The molecule has 0 aromatic rings. The van der Waals surface area contributed by atoms with E-state index in [4.69, 9.17) is 5.11 Å². The Kier molecular flexibility index (Phi) is 5.98. The summed E-state index contributed by atoms with van der Waals surface area (Å²) >= 11 is 0. The van der Waals surface area contributed by atoms with Gasteiger partial charge in [-0.2, -0.15) is 0 Å². The van der Waals surface area contributed by atoms with Crippen LogP contribution < -0.4 is 10.6 Å². The van der Waals surface area contributed by atoms with Gasteiger partial charge in [-0.05, 0) is 24.7 Å². The normalized spacial score (nSPS) is 22.2. The van der Waals surface area contributed by atoms with E-state index in [0.717, 1.165) is 6.42 Å². The maximum Gasteiger partial charge on any atom is 0.326 e. The van der Waals surface area contributed by atoms with Crippen LogP contribution >= 0.6 is 0 Å². The summed E-state index contributed by atoms with van der Waals surface area (Å²) in [6.45, 7) is 6.07. The summed E-state index contributed by atoms with van der Waals surface area (Å²) in [5.41, 5.74) is 0. The van der Waals surface area contributed by atoms with E-state index in [9.17, 15) is 14.4 Å². The van der Waals surface area contributed by atoms with Crippen LogP contribution in [0.2, 0.25) is 0 Å². The molecule has 0 aromatic heterocycles. The summed E-state index contributed by atoms with van der Waals surface area (Å²) in [6, 6.07) is -0.860. The molecule has 0 saturated heterocycles. The van der Waals surface area contributed by atoms with Crippen molar-refractivity contribution < 1.29 is 19.5 Å². The lowest BCUT2D eigenvalue weighted by Crippen LogP contribution is -2.42. The van der Waals surface area contributed by atoms with Gasteiger partial charge in [-0.15, -0.1) is 0 Å². The van der Waals surface area contributed by atoms with Gasteiger partial charge in [-0.25, -0.2) is 4.79 Å². The van der Waals surface area contributed by atoms with Crippen molar-refractivity contribution in [3.05, 3.63) is 0 Å². The van der Waals surface area contributed by atoms with E-state index in [0.29, 0.717) is 12.3 Å². The Hall–Kier alpha value is -1.59. The second-order valence-electron chi connectivity index (χ2n) is 5.95. The number of carboxylic acid groups (broad SMARTS) is 1. The number of aliphatic carboxylic acids is 1. The Morgan fingerprint density at radius 2 is 1.90 bits per heavy atom. The smallest absolute Gasteiger partial charge is 0.326 e. The number of carbonyl (C=O) groups is 3. The topological polar surface area (TPSA) is 95.5 Å². The lowest BCUT2D eigenvalue weighted by atomic mass is 10.0. The molecule has 114 valence electrons. The number of amides is 2. The van der Waals surface area contributed by atoms with Gasteiger partial charge in [-0.1, -0.05) is 20.8 Å². The summed E-state index contributed by atoms with van der Waals surface area (Å²) in [6.07, 6.45) is 1.41. The Bertz CT molecular complexity index is 381. The molecule has 6 heteroatoms. The zero-order chi connectivity index (χ0) is 15.3. The second kappa shape index (κ2) is 7.26. The first-order valence-electron chi connectivity index (χ1n) is 7.11. The third-order valence-electron chi connectivity index (χ3n) is 3.44. The molecular formula is C14H24N2O4. The zero-order valence-electron chi connectivity index (χ0n) is 12.3. The van der Waals surface area contributed by atoms with Crippen LogP contribution in [0.25, 0.3) is 0 Å². The fourth-order valence-electron chi connectivity index (χ4n) is 2.08. The van der Waals surface area contributed by atoms with Crippen LogP contribution in [0.4, 0.5) is 0 Å². The highest BCUT2D eigenvalue weighted by atomic mass is 16.4. The van der Waals surface area contributed by atoms with E-state index in [1.165, 1.54) is 0 Å². The molecule has 0 aliphatic heterocycles. The Labute approximate surface area is 119 Å². The summed E-state index contributed by atoms with van der Waals surface area (Å²) in [7, 11) is 0. The Morgan fingerprint density at radius 3 is 2.35 bits per heavy atom. The molecule has 3 unspecified atom stereocenters. The number of nitrogens with one attached hydrogen (secondary N) is 2. The number of hydrogen-bond donors (Lipinski definition) is 3. The molecule has 0 bridgehead atoms. The van der Waals surface area contributed by atoms with Crippen LogP contribution in [-0.2, 0) is 14.4 Å². The summed E-state index contributed by atoms with van der Waals surface area (Å²) in [5, 5.41) is 14.2. The number of carbonyl (C=O) groups excluding carboxylic acids is 2. The molecule has 2 amide bonds. The van der Waals surface area contributed by atoms with E-state index < -0.39 is 12.0 Å². The van der Waals surface area contributed by atoms with Crippen molar-refractivity contribution in [1.82, 2.24) is 10.6 Å². The summed E-state index contributed by atoms with van der Waals surface area (Å²) < 4.78 is 0. The lowest BCUT2D eigenvalue weighted by molar-refractivity contribution is -0.142. The van der Waals surface area contributed by atoms with E-state index in [-0.39, 0.29) is 36.6 Å². The first-order valence-corrected chi connectivity index (χ1v) is 7.11. The van der Waals surface area contributed by atoms with Crippen molar-refractivity contribution in [2.75, 3.05) is 6.54 Å². The van der Waals surface area contributed by atoms with Crippen molar-refractivity contribution >= 4 is 17.8 Å². The molecule has 1 aliphatic carbocycles. The Morgan fingerprint density at radius 1 is 1.30 bits per heavy atom. The first kappa shape index (κ1) is 16.5. The van der Waals surface area contributed by atoms with Crippen molar-refractivity contribution in [3.8, 4) is 0 Å². The van der Waals surface area contributed by atoms with Crippen LogP contribution in [-0.4, -0.2) is 35.5 Å². The van der Waals surface area contributed by atoms with Crippen LogP contribution in [0.3, 0.4) is 0 Å². The largest absolute Gasteiger partial charge is 0.480 e. The predicted molar refractivity (Wildman–Crippen MR) is 73.9 cm³/mol. The van der Waals surface area contributed by atoms with Crippen molar-refractivity contribution in [1.29, 1.82) is 0 Å². The molecule has 20 heavy (non-hydrogen) atoms. The quantitative estimate of drug-likeness (QED) is 0.613. The van der Waals surface area contributed by atoms with Crippen molar-refractivity contribution in [2.45, 2.75) is 46.1 Å². The molecule has 6 nitrogen and oxygen atoms in total. The minimum Gasteiger partial charge on any atom is -0.480 e. The molecule has 3 N–H and O–H groups in total. The van der Waals surface area contributed by atoms with Gasteiger partial charge in [0.2, 0.25) is 11.8 Å². The van der Waals surface area contributed by atoms with E-state index in [1.54, 1.807) is 0 Å². The number of carboxylic acids is 1. The van der Waals surface area contributed by atoms with Crippen molar-refractivity contribution in [2.24, 2.45) is 17.8 Å². The SMILES string of the molecule is CC(C)CC(NC(=O)CCNC(=O)C1CC1C)C(=O)O. The monoisotopic (exact) mass is 284 g/mol. The molecule has 3 atom stereocenters. The number of rotatable bonds is 8. The maximum absolute atomic E-state index is 11.6. The van der Waals surface area contributed by atoms with Gasteiger partial charge in [-0.3, -0.25) is 9.59 Å². The van der Waals surface area contributed by atoms with Gasteiger partial charge in [0, 0.05) is 18.9 Å². The molecule has 0 spiro atoms. The highest BCUT2D eigenvalue weighted by Crippen LogP contribution is 2.37. The molecule has 0 aromatic carbocycles. The van der Waals surface area contributed by atoms with Crippen LogP contribution in [0.1, 0.15) is 40.0 Å². The molecule has 0 heterocycles. The summed E-state index contributed by atoms with van der Waals surface area (Å²) in [4.78, 5) is 34.2. The lowest BCUT2D eigenvalue weighted by Gasteiger charge is -2.16. The minimum atomic E-state index is -1.03. The summed E-state index contributed by atoms with van der Waals surface area (Å²) in [5.74, 6) is -0.670. The Balaban J connectivity index is 2.24. The molecule has 1 rings (SSSR count). The second-order valence-corrected chi connectivity index (χ2v) is 5.95. The third kappa shape index (κ3) is 5.59. The van der Waals surface area contributed by atoms with E-state index >= 15 is 0 Å². The predicted octanol–water partition coefficient (Wildman–Crippen LogP) is 0.764. The van der Waals surface area contributed by atoms with Gasteiger partial charge >= 0.3 is 5.97 Å². The number of hydrogen-bond acceptors (Lipinski definition) is 3. The van der Waals surface area contributed by atoms with Gasteiger partial charge in [0.1, 0.15) is 6.04 Å². The van der Waals surface area contributed by atoms with Crippen LogP contribution in [0, 0.1) is 17.8 Å². The zero-order valence-corrected chi connectivity index (χ0v) is 12.3. The standard InChI is InChI=1S/C14H24N2O4/c1-8(2)6-11(14(19)20)16-12(17)4-5-15-13(18)10-7-9(10)3/h8-11H,4-7H2,1-3H3,(H,15,18)(H,16,17)(H,19,20). The van der Waals surface area contributed by atoms with Crippen LogP contribution in [0.15, 0.2) is 0 Å². The molecule has 0 radical (unpaired) electrons. The van der Waals surface area contributed by atoms with Gasteiger partial charge in [0.05, 0.1) is 0 Å². The van der Waals surface area contributed by atoms with Crippen molar-refractivity contribution in [3.63, 3.8) is 0 Å². The van der Waals surface area contributed by atoms with Gasteiger partial charge in [0.25, 0.3) is 0 Å². The molecule has 1 saturated carbocycles. The van der Waals surface area contributed by atoms with Gasteiger partial charge < -0.3 is 15.7 Å². The average Bonchev–Trinajstić information content (AvgIpc) is 3.04. The highest BCUT2D eigenvalue weighted by molar-refractivity contribution is 5.85. The molecule has 1 fully saturated rings. The minimum absolute atomic E-state index is 0.0118. The molecule has 1 aliphatic rings. The maximum atomic E-state index is 11.6. The highest BCUT2D eigenvalue weighted by Gasteiger charge is 2.38. The van der Waals surface area contributed by atoms with Gasteiger partial charge in [0.15, 0.2) is 0 Å². The average molecular weight is 284 g/mol. The molecular weight excluding hydrogens is 260 g/mol. The van der Waals surface area contributed by atoms with E-state index in [2.05, 4.69) is 10.6 Å².